The van der Waals surface area contributed by atoms with Crippen molar-refractivity contribution in [2.24, 2.45) is 5.16 Å². The van der Waals surface area contributed by atoms with Crippen molar-refractivity contribution in [3.8, 4) is 0 Å². The summed E-state index contributed by atoms with van der Waals surface area (Å²) in [5, 5.41) is 4.72. The monoisotopic (exact) mass is 313 g/mol. The third-order valence-electron chi connectivity index (χ3n) is 3.40. The molecule has 0 unspecified atom stereocenters. The molecule has 0 fully saturated rings. The molecule has 3 rings (SSSR count). The Morgan fingerprint density at radius 2 is 1.95 bits per heavy atom. The predicted octanol–water partition coefficient (Wildman–Crippen LogP) is 4.20. The highest BCUT2D eigenvalue weighted by molar-refractivity contribution is 6.30. The van der Waals surface area contributed by atoms with Crippen LogP contribution >= 0.6 is 11.6 Å². The highest BCUT2D eigenvalue weighted by Gasteiger charge is 2.04. The van der Waals surface area contributed by atoms with Crippen molar-refractivity contribution in [2.45, 2.75) is 20.1 Å². The summed E-state index contributed by atoms with van der Waals surface area (Å²) in [6, 6.07) is 15.6. The molecule has 1 heterocycles. The van der Waals surface area contributed by atoms with Crippen LogP contribution in [-0.4, -0.2) is 15.8 Å². The number of halogens is 1. The molecule has 5 heteroatoms. The van der Waals surface area contributed by atoms with Crippen molar-refractivity contribution >= 4 is 28.8 Å². The zero-order chi connectivity index (χ0) is 15.4. The average molecular weight is 314 g/mol. The van der Waals surface area contributed by atoms with Gasteiger partial charge in [-0.3, -0.25) is 0 Å². The van der Waals surface area contributed by atoms with E-state index in [1.165, 1.54) is 0 Å². The minimum Gasteiger partial charge on any atom is -0.391 e. The largest absolute Gasteiger partial charge is 0.391 e. The van der Waals surface area contributed by atoms with E-state index in [1.807, 2.05) is 49.4 Å². The molecular formula is C17H16ClN3O. The fourth-order valence-corrected chi connectivity index (χ4v) is 2.41. The lowest BCUT2D eigenvalue weighted by molar-refractivity contribution is 0.131. The first-order valence-corrected chi connectivity index (χ1v) is 7.42. The van der Waals surface area contributed by atoms with Crippen LogP contribution in [-0.2, 0) is 18.0 Å². The number of para-hydroxylation sites is 2. The Morgan fingerprint density at radius 1 is 1.18 bits per heavy atom. The second-order valence-electron chi connectivity index (χ2n) is 4.95. The standard InChI is InChI=1S/C17H16ClN3O/c1-13-20-16-4-2-3-5-17(16)21(13)11-10-19-22-12-14-6-8-15(18)9-7-14/h2-10H,11-12H2,1H3/b19-10-. The molecule has 0 saturated heterocycles. The van der Waals surface area contributed by atoms with Gasteiger partial charge in [0.25, 0.3) is 0 Å². The molecule has 0 aliphatic carbocycles. The number of aromatic nitrogens is 2. The van der Waals surface area contributed by atoms with Gasteiger partial charge in [0.15, 0.2) is 0 Å². The van der Waals surface area contributed by atoms with Gasteiger partial charge in [-0.2, -0.15) is 0 Å². The Labute approximate surface area is 134 Å². The fourth-order valence-electron chi connectivity index (χ4n) is 2.29. The first kappa shape index (κ1) is 14.6. The first-order valence-electron chi connectivity index (χ1n) is 7.04. The molecule has 0 aliphatic heterocycles. The van der Waals surface area contributed by atoms with Gasteiger partial charge in [-0.25, -0.2) is 4.98 Å². The zero-order valence-electron chi connectivity index (χ0n) is 12.2. The minimum absolute atomic E-state index is 0.428. The molecule has 3 aromatic rings. The lowest BCUT2D eigenvalue weighted by Crippen LogP contribution is -2.01. The Bertz CT molecular complexity index is 793. The van der Waals surface area contributed by atoms with Gasteiger partial charge in [-0.05, 0) is 36.8 Å². The minimum atomic E-state index is 0.428. The third-order valence-corrected chi connectivity index (χ3v) is 3.66. The van der Waals surface area contributed by atoms with Gasteiger partial charge in [0.1, 0.15) is 12.4 Å². The zero-order valence-corrected chi connectivity index (χ0v) is 13.0. The fraction of sp³-hybridized carbons (Fsp3) is 0.176. The predicted molar refractivity (Wildman–Crippen MR) is 89.2 cm³/mol. The van der Waals surface area contributed by atoms with Gasteiger partial charge < -0.3 is 9.40 Å². The maximum atomic E-state index is 5.84. The van der Waals surface area contributed by atoms with E-state index in [4.69, 9.17) is 16.4 Å². The van der Waals surface area contributed by atoms with E-state index in [0.29, 0.717) is 13.2 Å². The molecule has 0 N–H and O–H groups in total. The quantitative estimate of drug-likeness (QED) is 0.523. The second kappa shape index (κ2) is 6.62. The highest BCUT2D eigenvalue weighted by atomic mass is 35.5. The van der Waals surface area contributed by atoms with Crippen molar-refractivity contribution in [2.75, 3.05) is 0 Å². The van der Waals surface area contributed by atoms with Crippen LogP contribution in [0.4, 0.5) is 0 Å². The summed E-state index contributed by atoms with van der Waals surface area (Å²) in [4.78, 5) is 9.82. The molecule has 1 aromatic heterocycles. The van der Waals surface area contributed by atoms with Gasteiger partial charge in [-0.15, -0.1) is 0 Å². The second-order valence-corrected chi connectivity index (χ2v) is 5.38. The summed E-state index contributed by atoms with van der Waals surface area (Å²) in [7, 11) is 0. The van der Waals surface area contributed by atoms with Crippen molar-refractivity contribution in [3.05, 3.63) is 64.9 Å². The van der Waals surface area contributed by atoms with Crippen molar-refractivity contribution in [1.29, 1.82) is 0 Å². The van der Waals surface area contributed by atoms with Crippen LogP contribution in [0.1, 0.15) is 11.4 Å². The van der Waals surface area contributed by atoms with Crippen LogP contribution in [0, 0.1) is 6.92 Å². The van der Waals surface area contributed by atoms with Gasteiger partial charge in [0.2, 0.25) is 0 Å². The lowest BCUT2D eigenvalue weighted by Gasteiger charge is -2.03. The van der Waals surface area contributed by atoms with Crippen molar-refractivity contribution in [1.82, 2.24) is 9.55 Å². The van der Waals surface area contributed by atoms with E-state index < -0.39 is 0 Å². The van der Waals surface area contributed by atoms with E-state index in [0.717, 1.165) is 27.4 Å². The van der Waals surface area contributed by atoms with Crippen molar-refractivity contribution < 1.29 is 4.84 Å². The summed E-state index contributed by atoms with van der Waals surface area (Å²) in [5.74, 6) is 0.963. The van der Waals surface area contributed by atoms with Crippen molar-refractivity contribution in [3.63, 3.8) is 0 Å². The number of hydrogen-bond acceptors (Lipinski definition) is 3. The molecule has 0 spiro atoms. The molecule has 0 bridgehead atoms. The number of fused-ring (bicyclic) bond motifs is 1. The number of imidazole rings is 1. The topological polar surface area (TPSA) is 39.4 Å². The molecule has 4 nitrogen and oxygen atoms in total. The van der Waals surface area contributed by atoms with E-state index in [-0.39, 0.29) is 0 Å². The molecule has 0 saturated carbocycles. The Hall–Kier alpha value is -2.33. The smallest absolute Gasteiger partial charge is 0.142 e. The summed E-state index contributed by atoms with van der Waals surface area (Å²) in [6.07, 6.45) is 1.75. The van der Waals surface area contributed by atoms with Gasteiger partial charge in [-0.1, -0.05) is 41.0 Å². The molecule has 0 radical (unpaired) electrons. The SMILES string of the molecule is Cc1nc2ccccc2n1C/C=N\OCc1ccc(Cl)cc1. The maximum absolute atomic E-state index is 5.84. The van der Waals surface area contributed by atoms with E-state index in [9.17, 15) is 0 Å². The van der Waals surface area contributed by atoms with Gasteiger partial charge >= 0.3 is 0 Å². The number of benzene rings is 2. The number of nitrogens with zero attached hydrogens (tertiary/aromatic N) is 3. The Balaban J connectivity index is 1.59. The maximum Gasteiger partial charge on any atom is 0.142 e. The molecule has 0 amide bonds. The summed E-state index contributed by atoms with van der Waals surface area (Å²) in [6.45, 7) is 3.05. The summed E-state index contributed by atoms with van der Waals surface area (Å²) < 4.78 is 2.10. The molecule has 0 aliphatic rings. The number of oxime groups is 1. The average Bonchev–Trinajstić information content (AvgIpc) is 2.85. The molecule has 22 heavy (non-hydrogen) atoms. The normalized spacial score (nSPS) is 11.4. The van der Waals surface area contributed by atoms with Gasteiger partial charge in [0.05, 0.1) is 23.8 Å². The molecule has 0 atom stereocenters. The molecule has 112 valence electrons. The molecule has 2 aromatic carbocycles. The Morgan fingerprint density at radius 3 is 2.77 bits per heavy atom. The first-order chi connectivity index (χ1) is 10.7. The van der Waals surface area contributed by atoms with Crippen LogP contribution in [0.3, 0.4) is 0 Å². The van der Waals surface area contributed by atoms with Crippen LogP contribution in [0.15, 0.2) is 53.7 Å². The lowest BCUT2D eigenvalue weighted by atomic mass is 10.2. The number of rotatable bonds is 5. The van der Waals surface area contributed by atoms with E-state index in [1.54, 1.807) is 6.21 Å². The van der Waals surface area contributed by atoms with Gasteiger partial charge in [0, 0.05) is 5.02 Å². The van der Waals surface area contributed by atoms with E-state index >= 15 is 0 Å². The van der Waals surface area contributed by atoms with E-state index in [2.05, 4.69) is 20.8 Å². The van der Waals surface area contributed by atoms with Crippen LogP contribution < -0.4 is 0 Å². The van der Waals surface area contributed by atoms with Crippen LogP contribution in [0.25, 0.3) is 11.0 Å². The summed E-state index contributed by atoms with van der Waals surface area (Å²) >= 11 is 5.84. The third kappa shape index (κ3) is 3.28. The number of aryl methyl sites for hydroxylation is 1. The Kier molecular flexibility index (Phi) is 4.39. The molecular weight excluding hydrogens is 298 g/mol. The number of hydrogen-bond donors (Lipinski definition) is 0. The summed E-state index contributed by atoms with van der Waals surface area (Å²) in [5.41, 5.74) is 3.13. The van der Waals surface area contributed by atoms with Crippen LogP contribution in [0.5, 0.6) is 0 Å². The van der Waals surface area contributed by atoms with Crippen LogP contribution in [0.2, 0.25) is 5.02 Å². The highest BCUT2D eigenvalue weighted by Crippen LogP contribution is 2.14.